The van der Waals surface area contributed by atoms with Gasteiger partial charge < -0.3 is 0 Å². The van der Waals surface area contributed by atoms with Crippen molar-refractivity contribution in [3.05, 3.63) is 78.1 Å². The van der Waals surface area contributed by atoms with Gasteiger partial charge in [0.05, 0.1) is 11.2 Å². The average molecular weight is 369 g/mol. The van der Waals surface area contributed by atoms with E-state index in [4.69, 9.17) is 5.41 Å². The van der Waals surface area contributed by atoms with Crippen molar-refractivity contribution < 1.29 is 0 Å². The highest BCUT2D eigenvalue weighted by atomic mass is 15.3. The molecule has 0 atom stereocenters. The lowest BCUT2D eigenvalue weighted by molar-refractivity contribution is 0.784. The van der Waals surface area contributed by atoms with E-state index in [9.17, 15) is 0 Å². The Morgan fingerprint density at radius 1 is 1.04 bits per heavy atom. The molecule has 0 saturated carbocycles. The minimum absolute atomic E-state index is 0.365. The summed E-state index contributed by atoms with van der Waals surface area (Å²) in [5, 5.41) is 13.9. The van der Waals surface area contributed by atoms with Crippen molar-refractivity contribution in [3.8, 4) is 11.1 Å². The Bertz CT molecular complexity index is 1230. The highest BCUT2D eigenvalue weighted by Crippen LogP contribution is 2.22. The third kappa shape index (κ3) is 3.55. The van der Waals surface area contributed by atoms with E-state index < -0.39 is 0 Å². The molecule has 1 N–H and O–H groups in total. The molecular weight excluding hydrogens is 350 g/mol. The van der Waals surface area contributed by atoms with Crippen molar-refractivity contribution in [3.63, 3.8) is 0 Å². The SMILES string of the molecule is C/N=c1/ccc(C)nn1C(=N)Cc1ccc2ncc(-c3cncnc3)cc2c1. The molecule has 3 aromatic heterocycles. The van der Waals surface area contributed by atoms with E-state index in [1.165, 1.54) is 6.33 Å². The van der Waals surface area contributed by atoms with E-state index in [0.717, 1.165) is 33.3 Å². The minimum atomic E-state index is 0.365. The third-order valence-electron chi connectivity index (χ3n) is 4.44. The molecule has 0 aliphatic carbocycles. The van der Waals surface area contributed by atoms with E-state index in [1.807, 2.05) is 37.4 Å². The summed E-state index contributed by atoms with van der Waals surface area (Å²) in [4.78, 5) is 16.9. The largest absolute Gasteiger partial charge is 0.286 e. The van der Waals surface area contributed by atoms with Crippen LogP contribution in [0.25, 0.3) is 22.0 Å². The summed E-state index contributed by atoms with van der Waals surface area (Å²) < 4.78 is 1.58. The lowest BCUT2D eigenvalue weighted by atomic mass is 10.0. The predicted octanol–water partition coefficient (Wildman–Crippen LogP) is 2.80. The number of rotatable bonds is 3. The number of hydrogen-bond donors (Lipinski definition) is 1. The summed E-state index contributed by atoms with van der Waals surface area (Å²) >= 11 is 0. The van der Waals surface area contributed by atoms with Crippen molar-refractivity contribution in [2.45, 2.75) is 13.3 Å². The van der Waals surface area contributed by atoms with Crippen LogP contribution in [0, 0.1) is 12.3 Å². The Morgan fingerprint density at radius 2 is 1.86 bits per heavy atom. The smallest absolute Gasteiger partial charge is 0.150 e. The second kappa shape index (κ2) is 7.48. The number of pyridine rings is 1. The molecule has 0 amide bonds. The topological polar surface area (TPSA) is 92.7 Å². The number of aromatic nitrogens is 5. The van der Waals surface area contributed by atoms with Gasteiger partial charge in [0, 0.05) is 48.6 Å². The molecule has 3 heterocycles. The first-order valence-corrected chi connectivity index (χ1v) is 8.86. The van der Waals surface area contributed by atoms with Crippen LogP contribution in [-0.4, -0.2) is 37.6 Å². The van der Waals surface area contributed by atoms with Gasteiger partial charge in [0.1, 0.15) is 12.2 Å². The standard InChI is InChI=1S/C21H19N7/c1-14-3-6-21(23-2)28(27-14)20(22)8-15-4-5-19-16(7-15)9-17(12-26-19)18-10-24-13-25-11-18/h3-7,9-13,22H,8H2,1-2H3/b22-20?,23-21-. The van der Waals surface area contributed by atoms with Crippen molar-refractivity contribution in [1.29, 1.82) is 5.41 Å². The molecule has 0 unspecified atom stereocenters. The van der Waals surface area contributed by atoms with Gasteiger partial charge in [0.15, 0.2) is 5.49 Å². The van der Waals surface area contributed by atoms with Gasteiger partial charge in [-0.25, -0.2) is 14.6 Å². The molecule has 0 spiro atoms. The highest BCUT2D eigenvalue weighted by molar-refractivity contribution is 5.87. The van der Waals surface area contributed by atoms with Gasteiger partial charge in [-0.2, -0.15) is 5.10 Å². The Morgan fingerprint density at radius 3 is 2.64 bits per heavy atom. The van der Waals surface area contributed by atoms with Gasteiger partial charge >= 0.3 is 0 Å². The summed E-state index contributed by atoms with van der Waals surface area (Å²) in [6, 6.07) is 11.9. The molecule has 4 aromatic rings. The van der Waals surface area contributed by atoms with Crippen LogP contribution in [0.3, 0.4) is 0 Å². The Labute approximate surface area is 162 Å². The molecule has 28 heavy (non-hydrogen) atoms. The van der Waals surface area contributed by atoms with Crippen LogP contribution in [0.5, 0.6) is 0 Å². The summed E-state index contributed by atoms with van der Waals surface area (Å²) in [5.74, 6) is 0.365. The molecule has 138 valence electrons. The van der Waals surface area contributed by atoms with Crippen LogP contribution in [-0.2, 0) is 6.42 Å². The van der Waals surface area contributed by atoms with Crippen molar-refractivity contribution in [2.75, 3.05) is 7.05 Å². The van der Waals surface area contributed by atoms with Gasteiger partial charge in [-0.1, -0.05) is 6.07 Å². The maximum absolute atomic E-state index is 8.50. The molecule has 0 fully saturated rings. The first-order chi connectivity index (χ1) is 13.6. The van der Waals surface area contributed by atoms with Gasteiger partial charge in [0.2, 0.25) is 0 Å². The maximum atomic E-state index is 8.50. The number of aryl methyl sites for hydroxylation is 1. The molecule has 4 rings (SSSR count). The number of nitrogens with zero attached hydrogens (tertiary/aromatic N) is 6. The molecule has 0 aliphatic heterocycles. The Hall–Kier alpha value is -3.74. The van der Waals surface area contributed by atoms with Gasteiger partial charge in [-0.15, -0.1) is 0 Å². The monoisotopic (exact) mass is 369 g/mol. The third-order valence-corrected chi connectivity index (χ3v) is 4.44. The number of nitrogens with one attached hydrogen (secondary N) is 1. The number of fused-ring (bicyclic) bond motifs is 1. The zero-order valence-electron chi connectivity index (χ0n) is 15.7. The second-order valence-electron chi connectivity index (χ2n) is 6.47. The first-order valence-electron chi connectivity index (χ1n) is 8.86. The fourth-order valence-electron chi connectivity index (χ4n) is 3.04. The van der Waals surface area contributed by atoms with E-state index in [0.29, 0.717) is 17.7 Å². The minimum Gasteiger partial charge on any atom is -0.286 e. The number of benzene rings is 1. The summed E-state index contributed by atoms with van der Waals surface area (Å²) in [5.41, 5.74) is 5.30. The maximum Gasteiger partial charge on any atom is 0.150 e. The summed E-state index contributed by atoms with van der Waals surface area (Å²) in [7, 11) is 1.70. The van der Waals surface area contributed by atoms with Crippen molar-refractivity contribution in [1.82, 2.24) is 24.7 Å². The summed E-state index contributed by atoms with van der Waals surface area (Å²) in [6.07, 6.45) is 7.31. The lowest BCUT2D eigenvalue weighted by Gasteiger charge is -2.10. The van der Waals surface area contributed by atoms with Crippen LogP contribution in [0.1, 0.15) is 11.3 Å². The predicted molar refractivity (Wildman–Crippen MR) is 108 cm³/mol. The Balaban J connectivity index is 1.68. The fraction of sp³-hybridized carbons (Fsp3) is 0.143. The average Bonchev–Trinajstić information content (AvgIpc) is 2.73. The quantitative estimate of drug-likeness (QED) is 0.444. The molecule has 1 aromatic carbocycles. The van der Waals surface area contributed by atoms with Crippen LogP contribution in [0.4, 0.5) is 0 Å². The molecular formula is C21H19N7. The van der Waals surface area contributed by atoms with E-state index in [2.05, 4.69) is 37.2 Å². The molecule has 0 aliphatic rings. The molecule has 0 saturated heterocycles. The fourth-order valence-corrected chi connectivity index (χ4v) is 3.04. The van der Waals surface area contributed by atoms with Crippen LogP contribution < -0.4 is 5.49 Å². The van der Waals surface area contributed by atoms with Gasteiger partial charge in [-0.3, -0.25) is 15.4 Å². The number of hydrogen-bond acceptors (Lipinski definition) is 6. The van der Waals surface area contributed by atoms with E-state index in [1.54, 1.807) is 24.1 Å². The van der Waals surface area contributed by atoms with Gasteiger partial charge in [-0.05, 0) is 42.8 Å². The lowest BCUT2D eigenvalue weighted by Crippen LogP contribution is -2.31. The van der Waals surface area contributed by atoms with E-state index >= 15 is 0 Å². The highest BCUT2D eigenvalue weighted by Gasteiger charge is 2.08. The Kier molecular flexibility index (Phi) is 4.72. The normalized spacial score (nSPS) is 11.7. The van der Waals surface area contributed by atoms with Crippen molar-refractivity contribution in [2.24, 2.45) is 4.99 Å². The van der Waals surface area contributed by atoms with Crippen molar-refractivity contribution >= 4 is 16.7 Å². The molecule has 0 radical (unpaired) electrons. The molecule has 7 heteroatoms. The van der Waals surface area contributed by atoms with Gasteiger partial charge in [0.25, 0.3) is 0 Å². The van der Waals surface area contributed by atoms with Crippen LogP contribution in [0.15, 0.2) is 66.3 Å². The molecule has 7 nitrogen and oxygen atoms in total. The first kappa shape index (κ1) is 17.7. The molecule has 0 bridgehead atoms. The zero-order chi connectivity index (χ0) is 19.5. The summed E-state index contributed by atoms with van der Waals surface area (Å²) in [6.45, 7) is 1.90. The van der Waals surface area contributed by atoms with E-state index in [-0.39, 0.29) is 0 Å². The zero-order valence-corrected chi connectivity index (χ0v) is 15.7. The van der Waals surface area contributed by atoms with Crippen LogP contribution in [0.2, 0.25) is 0 Å². The van der Waals surface area contributed by atoms with Crippen LogP contribution >= 0.6 is 0 Å². The second-order valence-corrected chi connectivity index (χ2v) is 6.47.